The lowest BCUT2D eigenvalue weighted by molar-refractivity contribution is -0.140. The van der Waals surface area contributed by atoms with Crippen molar-refractivity contribution in [3.8, 4) is 0 Å². The highest BCUT2D eigenvalue weighted by molar-refractivity contribution is 5.97. The number of carbonyl (C=O) groups is 3. The molecule has 0 bridgehead atoms. The molecule has 0 aromatic heterocycles. The quantitative estimate of drug-likeness (QED) is 0.836. The molecule has 2 aliphatic rings. The van der Waals surface area contributed by atoms with Crippen LogP contribution in [-0.2, 0) is 9.59 Å². The minimum absolute atomic E-state index is 0.0567. The molecule has 6 nitrogen and oxygen atoms in total. The maximum atomic E-state index is 12.5. The van der Waals surface area contributed by atoms with E-state index >= 15 is 0 Å². The fourth-order valence-electron chi connectivity index (χ4n) is 3.60. The van der Waals surface area contributed by atoms with Crippen molar-refractivity contribution in [2.75, 3.05) is 18.4 Å². The first kappa shape index (κ1) is 20.4. The lowest BCUT2D eigenvalue weighted by Crippen LogP contribution is -2.49. The molecule has 152 valence electrons. The molecule has 0 radical (unpaired) electrons. The van der Waals surface area contributed by atoms with Crippen LogP contribution in [0, 0.1) is 17.3 Å². The van der Waals surface area contributed by atoms with Gasteiger partial charge in [-0.25, -0.2) is 0 Å². The summed E-state index contributed by atoms with van der Waals surface area (Å²) >= 11 is 0. The van der Waals surface area contributed by atoms with Crippen LogP contribution in [0.3, 0.4) is 0 Å². The Labute approximate surface area is 167 Å². The molecule has 6 heteroatoms. The summed E-state index contributed by atoms with van der Waals surface area (Å²) in [5.41, 5.74) is 0.922. The van der Waals surface area contributed by atoms with Gasteiger partial charge in [-0.15, -0.1) is 0 Å². The maximum Gasteiger partial charge on any atom is 0.251 e. The summed E-state index contributed by atoms with van der Waals surface area (Å²) in [5.74, 6) is 0.695. The average molecular weight is 386 g/mol. The van der Waals surface area contributed by atoms with Crippen molar-refractivity contribution in [3.63, 3.8) is 0 Å². The summed E-state index contributed by atoms with van der Waals surface area (Å²) in [5, 5.41) is 5.96. The van der Waals surface area contributed by atoms with Gasteiger partial charge >= 0.3 is 0 Å². The predicted octanol–water partition coefficient (Wildman–Crippen LogP) is 3.05. The fraction of sp³-hybridized carbons (Fsp3) is 0.591. The maximum absolute atomic E-state index is 12.5. The first-order valence-electron chi connectivity index (χ1n) is 10.2. The SMILES string of the molecule is CC1CC1C(=O)Nc1ccc(C(=O)NC2CCN(C(=O)C(C)(C)C)CC2)cc1. The van der Waals surface area contributed by atoms with Gasteiger partial charge in [0.25, 0.3) is 5.91 Å². The van der Waals surface area contributed by atoms with Crippen molar-refractivity contribution in [1.29, 1.82) is 0 Å². The summed E-state index contributed by atoms with van der Waals surface area (Å²) in [6.07, 6.45) is 2.48. The number of anilines is 1. The van der Waals surface area contributed by atoms with E-state index in [-0.39, 0.29) is 35.1 Å². The van der Waals surface area contributed by atoms with Crippen LogP contribution in [0.4, 0.5) is 5.69 Å². The minimum atomic E-state index is -0.370. The predicted molar refractivity (Wildman–Crippen MR) is 109 cm³/mol. The molecule has 1 saturated carbocycles. The first-order valence-corrected chi connectivity index (χ1v) is 10.2. The molecular weight excluding hydrogens is 354 g/mol. The molecule has 0 spiro atoms. The fourth-order valence-corrected chi connectivity index (χ4v) is 3.60. The molecule has 28 heavy (non-hydrogen) atoms. The second-order valence-corrected chi connectivity index (χ2v) is 9.18. The Balaban J connectivity index is 1.47. The molecular formula is C22H31N3O3. The van der Waals surface area contributed by atoms with Gasteiger partial charge in [-0.05, 0) is 49.4 Å². The van der Waals surface area contributed by atoms with Gasteiger partial charge in [-0.3, -0.25) is 14.4 Å². The third-order valence-corrected chi connectivity index (χ3v) is 5.62. The van der Waals surface area contributed by atoms with Gasteiger partial charge in [0.1, 0.15) is 0 Å². The number of rotatable bonds is 4. The molecule has 1 aliphatic heterocycles. The summed E-state index contributed by atoms with van der Waals surface area (Å²) in [4.78, 5) is 38.7. The van der Waals surface area contributed by atoms with Crippen LogP contribution in [0.15, 0.2) is 24.3 Å². The van der Waals surface area contributed by atoms with Gasteiger partial charge in [-0.2, -0.15) is 0 Å². The molecule has 1 saturated heterocycles. The van der Waals surface area contributed by atoms with Gasteiger partial charge in [-0.1, -0.05) is 27.7 Å². The normalized spacial score (nSPS) is 22.5. The monoisotopic (exact) mass is 385 g/mol. The largest absolute Gasteiger partial charge is 0.349 e. The van der Waals surface area contributed by atoms with Crippen molar-refractivity contribution in [2.24, 2.45) is 17.3 Å². The highest BCUT2D eigenvalue weighted by atomic mass is 16.2. The molecule has 1 heterocycles. The van der Waals surface area contributed by atoms with Crippen molar-refractivity contribution >= 4 is 23.4 Å². The molecule has 1 aliphatic carbocycles. The lowest BCUT2D eigenvalue weighted by atomic mass is 9.93. The Hall–Kier alpha value is -2.37. The van der Waals surface area contributed by atoms with Gasteiger partial charge in [0.15, 0.2) is 0 Å². The Morgan fingerprint density at radius 3 is 2.11 bits per heavy atom. The van der Waals surface area contributed by atoms with E-state index in [4.69, 9.17) is 0 Å². The van der Waals surface area contributed by atoms with E-state index in [0.29, 0.717) is 24.6 Å². The van der Waals surface area contributed by atoms with E-state index in [1.807, 2.05) is 25.7 Å². The van der Waals surface area contributed by atoms with Crippen molar-refractivity contribution in [3.05, 3.63) is 29.8 Å². The smallest absolute Gasteiger partial charge is 0.251 e. The van der Waals surface area contributed by atoms with Crippen LogP contribution in [0.2, 0.25) is 0 Å². The average Bonchev–Trinajstić information content (AvgIpc) is 3.38. The van der Waals surface area contributed by atoms with Crippen LogP contribution >= 0.6 is 0 Å². The molecule has 1 aromatic carbocycles. The van der Waals surface area contributed by atoms with Crippen LogP contribution in [0.25, 0.3) is 0 Å². The number of carbonyl (C=O) groups excluding carboxylic acids is 3. The van der Waals surface area contributed by atoms with E-state index < -0.39 is 0 Å². The lowest BCUT2D eigenvalue weighted by Gasteiger charge is -2.36. The summed E-state index contributed by atoms with van der Waals surface area (Å²) in [7, 11) is 0. The highest BCUT2D eigenvalue weighted by Crippen LogP contribution is 2.38. The zero-order valence-corrected chi connectivity index (χ0v) is 17.2. The zero-order valence-electron chi connectivity index (χ0n) is 17.2. The zero-order chi connectivity index (χ0) is 20.5. The van der Waals surface area contributed by atoms with Crippen molar-refractivity contribution in [2.45, 2.75) is 53.0 Å². The second kappa shape index (κ2) is 7.94. The summed E-state index contributed by atoms with van der Waals surface area (Å²) in [6.45, 7) is 9.21. The standard InChI is InChI=1S/C22H31N3O3/c1-14-13-18(14)20(27)24-16-7-5-15(6-8-16)19(26)23-17-9-11-25(12-10-17)21(28)22(2,3)4/h5-8,14,17-18H,9-13H2,1-4H3,(H,23,26)(H,24,27). The second-order valence-electron chi connectivity index (χ2n) is 9.18. The Bertz CT molecular complexity index is 743. The Kier molecular flexibility index (Phi) is 5.77. The molecule has 3 rings (SSSR count). The molecule has 2 unspecified atom stereocenters. The molecule has 3 amide bonds. The third-order valence-electron chi connectivity index (χ3n) is 5.62. The summed E-state index contributed by atoms with van der Waals surface area (Å²) in [6, 6.07) is 7.08. The molecule has 2 atom stereocenters. The van der Waals surface area contributed by atoms with E-state index in [1.165, 1.54) is 0 Å². The molecule has 1 aromatic rings. The Morgan fingerprint density at radius 1 is 1.04 bits per heavy atom. The van der Waals surface area contributed by atoms with Crippen LogP contribution in [0.5, 0.6) is 0 Å². The van der Waals surface area contributed by atoms with E-state index in [0.717, 1.165) is 24.9 Å². The topological polar surface area (TPSA) is 78.5 Å². The van der Waals surface area contributed by atoms with Gasteiger partial charge in [0.2, 0.25) is 11.8 Å². The van der Waals surface area contributed by atoms with Crippen LogP contribution < -0.4 is 10.6 Å². The number of amides is 3. The van der Waals surface area contributed by atoms with Gasteiger partial charge < -0.3 is 15.5 Å². The number of hydrogen-bond acceptors (Lipinski definition) is 3. The van der Waals surface area contributed by atoms with Crippen molar-refractivity contribution < 1.29 is 14.4 Å². The van der Waals surface area contributed by atoms with Gasteiger partial charge in [0.05, 0.1) is 0 Å². The number of piperidine rings is 1. The highest BCUT2D eigenvalue weighted by Gasteiger charge is 2.39. The number of nitrogens with one attached hydrogen (secondary N) is 2. The van der Waals surface area contributed by atoms with Crippen LogP contribution in [0.1, 0.15) is 57.3 Å². The molecule has 2 N–H and O–H groups in total. The number of nitrogens with zero attached hydrogens (tertiary/aromatic N) is 1. The number of likely N-dealkylation sites (tertiary alicyclic amines) is 1. The number of hydrogen-bond donors (Lipinski definition) is 2. The Morgan fingerprint density at radius 2 is 1.61 bits per heavy atom. The number of benzene rings is 1. The van der Waals surface area contributed by atoms with E-state index in [9.17, 15) is 14.4 Å². The van der Waals surface area contributed by atoms with E-state index in [2.05, 4.69) is 17.6 Å². The third kappa shape index (κ3) is 4.91. The van der Waals surface area contributed by atoms with Crippen molar-refractivity contribution in [1.82, 2.24) is 10.2 Å². The van der Waals surface area contributed by atoms with Gasteiger partial charge in [0, 0.05) is 41.7 Å². The minimum Gasteiger partial charge on any atom is -0.349 e. The summed E-state index contributed by atoms with van der Waals surface area (Å²) < 4.78 is 0. The van der Waals surface area contributed by atoms with Crippen LogP contribution in [-0.4, -0.2) is 41.8 Å². The molecule has 2 fully saturated rings. The van der Waals surface area contributed by atoms with E-state index in [1.54, 1.807) is 24.3 Å². The first-order chi connectivity index (χ1) is 13.1.